The van der Waals surface area contributed by atoms with Crippen molar-refractivity contribution in [1.29, 1.82) is 0 Å². The Kier molecular flexibility index (Phi) is 5.56. The molecule has 1 saturated heterocycles. The van der Waals surface area contributed by atoms with Crippen molar-refractivity contribution in [2.24, 2.45) is 35.5 Å². The number of Topliss-reactive ketones (excluding diaryl/α,β-unsaturated/α-hetero) is 1. The average Bonchev–Trinajstić information content (AvgIpc) is 3.65. The second-order valence-electron chi connectivity index (χ2n) is 9.97. The minimum atomic E-state index is -1.15. The Hall–Kier alpha value is -2.67. The van der Waals surface area contributed by atoms with Crippen molar-refractivity contribution in [2.75, 3.05) is 0 Å². The van der Waals surface area contributed by atoms with Crippen LogP contribution in [0.15, 0.2) is 54.6 Å². The highest BCUT2D eigenvalue weighted by atomic mass is 35.5. The molecule has 9 heteroatoms. The number of hydrogen-bond donors (Lipinski definition) is 0. The predicted octanol–water partition coefficient (Wildman–Crippen LogP) is 5.33. The fraction of sp³-hybridized carbons (Fsp3) is 0.333. The molecule has 4 aliphatic carbocycles. The highest BCUT2D eigenvalue weighted by molar-refractivity contribution is 6.42. The molecule has 3 amide bonds. The summed E-state index contributed by atoms with van der Waals surface area (Å²) < 4.78 is 0. The van der Waals surface area contributed by atoms with E-state index in [4.69, 9.17) is 34.8 Å². The van der Waals surface area contributed by atoms with Gasteiger partial charge in [0.2, 0.25) is 0 Å². The van der Waals surface area contributed by atoms with E-state index in [0.717, 1.165) is 16.4 Å². The third-order valence-electron chi connectivity index (χ3n) is 8.10. The van der Waals surface area contributed by atoms with Gasteiger partial charge in [0, 0.05) is 16.1 Å². The van der Waals surface area contributed by atoms with E-state index in [1.54, 1.807) is 24.3 Å². The Morgan fingerprint density at radius 1 is 0.861 bits per heavy atom. The third-order valence-corrected chi connectivity index (χ3v) is 9.10. The number of hydrazine groups is 1. The molecule has 0 N–H and O–H groups in total. The molecule has 7 rings (SSSR count). The molecule has 0 aromatic heterocycles. The minimum Gasteiger partial charge on any atom is -0.292 e. The van der Waals surface area contributed by atoms with Crippen molar-refractivity contribution in [3.63, 3.8) is 0 Å². The summed E-state index contributed by atoms with van der Waals surface area (Å²) in [5, 5.41) is 2.79. The van der Waals surface area contributed by atoms with E-state index in [1.807, 2.05) is 0 Å². The number of carbonyl (C=O) groups excluding carboxylic acids is 4. The van der Waals surface area contributed by atoms with Crippen molar-refractivity contribution in [3.8, 4) is 0 Å². The van der Waals surface area contributed by atoms with Crippen molar-refractivity contribution in [2.45, 2.75) is 19.4 Å². The highest BCUT2D eigenvalue weighted by Crippen LogP contribution is 2.65. The molecule has 2 aromatic rings. The second-order valence-corrected chi connectivity index (χ2v) is 11.2. The number of hydrogen-bond acceptors (Lipinski definition) is 4. The molecule has 2 bridgehead atoms. The lowest BCUT2D eigenvalue weighted by molar-refractivity contribution is -0.156. The monoisotopic (exact) mass is 542 g/mol. The van der Waals surface area contributed by atoms with Crippen LogP contribution in [-0.4, -0.2) is 39.6 Å². The molecular formula is C27H21Cl3N2O4. The number of allylic oxidation sites excluding steroid dienone is 2. The smallest absolute Gasteiger partial charge is 0.273 e. The molecule has 184 valence electrons. The van der Waals surface area contributed by atoms with Crippen LogP contribution in [-0.2, 0) is 9.59 Å². The van der Waals surface area contributed by atoms with E-state index in [0.29, 0.717) is 22.4 Å². The lowest BCUT2D eigenvalue weighted by Crippen LogP contribution is -2.56. The van der Waals surface area contributed by atoms with Crippen LogP contribution >= 0.6 is 34.8 Å². The van der Waals surface area contributed by atoms with Gasteiger partial charge in [0.15, 0.2) is 5.78 Å². The number of nitrogens with zero attached hydrogens (tertiary/aromatic N) is 2. The number of benzene rings is 2. The number of imide groups is 1. The first kappa shape index (κ1) is 23.7. The summed E-state index contributed by atoms with van der Waals surface area (Å²) in [6, 6.07) is 9.39. The molecule has 0 radical (unpaired) electrons. The number of rotatable bonds is 5. The van der Waals surface area contributed by atoms with Crippen molar-refractivity contribution in [3.05, 3.63) is 80.8 Å². The maximum atomic E-state index is 13.9. The molecule has 5 aliphatic rings. The summed E-state index contributed by atoms with van der Waals surface area (Å²) in [5.74, 6) is -2.23. The van der Waals surface area contributed by atoms with E-state index >= 15 is 0 Å². The molecule has 2 saturated carbocycles. The number of halogens is 3. The molecule has 1 aliphatic heterocycles. The molecule has 2 aromatic carbocycles. The summed E-state index contributed by atoms with van der Waals surface area (Å²) >= 11 is 18.2. The van der Waals surface area contributed by atoms with E-state index in [9.17, 15) is 19.2 Å². The molecular weight excluding hydrogens is 523 g/mol. The summed E-state index contributed by atoms with van der Waals surface area (Å²) in [6.45, 7) is 1.51. The van der Waals surface area contributed by atoms with Crippen LogP contribution in [0.25, 0.3) is 0 Å². The Morgan fingerprint density at radius 3 is 1.97 bits per heavy atom. The van der Waals surface area contributed by atoms with Gasteiger partial charge in [-0.1, -0.05) is 47.0 Å². The largest absolute Gasteiger partial charge is 0.292 e. The van der Waals surface area contributed by atoms with Crippen molar-refractivity contribution < 1.29 is 19.2 Å². The first-order chi connectivity index (χ1) is 17.2. The van der Waals surface area contributed by atoms with Gasteiger partial charge in [-0.05, 0) is 79.5 Å². The topological polar surface area (TPSA) is 74.8 Å². The summed E-state index contributed by atoms with van der Waals surface area (Å²) in [6.07, 6.45) is 5.14. The maximum Gasteiger partial charge on any atom is 0.273 e. The zero-order valence-corrected chi connectivity index (χ0v) is 21.4. The summed E-state index contributed by atoms with van der Waals surface area (Å²) in [7, 11) is 0. The number of amides is 3. The van der Waals surface area contributed by atoms with Gasteiger partial charge >= 0.3 is 0 Å². The Morgan fingerprint density at radius 2 is 1.42 bits per heavy atom. The molecule has 0 spiro atoms. The molecule has 1 heterocycles. The average molecular weight is 544 g/mol. The third kappa shape index (κ3) is 3.46. The number of carbonyl (C=O) groups is 4. The Bertz CT molecular complexity index is 1320. The first-order valence-electron chi connectivity index (χ1n) is 11.8. The second kappa shape index (κ2) is 8.44. The molecule has 0 unspecified atom stereocenters. The van der Waals surface area contributed by atoms with Crippen LogP contribution in [0.5, 0.6) is 0 Å². The van der Waals surface area contributed by atoms with Crippen LogP contribution in [0.3, 0.4) is 0 Å². The predicted molar refractivity (Wildman–Crippen MR) is 134 cm³/mol. The van der Waals surface area contributed by atoms with Crippen LogP contribution in [0, 0.1) is 35.5 Å². The van der Waals surface area contributed by atoms with Gasteiger partial charge in [-0.3, -0.25) is 19.2 Å². The van der Waals surface area contributed by atoms with Gasteiger partial charge < -0.3 is 0 Å². The SMILES string of the molecule is C[C@H](C(=O)c1ccc(Cl)cc1)N(C(=O)c1ccc(Cl)c(Cl)c1)N1C(=O)[C@@H]2[C@H]3C=C[C@@H]([C@@H]4C[C@H]34)[C@H]2C1=O. The van der Waals surface area contributed by atoms with Crippen LogP contribution in [0.4, 0.5) is 0 Å². The number of ketones is 1. The van der Waals surface area contributed by atoms with E-state index in [-0.39, 0.29) is 27.4 Å². The van der Waals surface area contributed by atoms with Gasteiger partial charge in [0.05, 0.1) is 21.9 Å². The van der Waals surface area contributed by atoms with Gasteiger partial charge in [0.25, 0.3) is 17.7 Å². The standard InChI is InChI=1S/C27H21Cl3N2O4/c1-12(24(33)13-2-5-15(28)6-3-13)31(25(34)14-4-9-20(29)21(30)10-14)32-26(35)22-16-7-8-17(19-11-18(16)19)23(22)27(32)36/h2-10,12,16-19,22-23H,11H2,1H3/t12-,16+,17+,18-,19+,22-,23-/m1/s1. The Balaban J connectivity index is 1.41. The fourth-order valence-corrected chi connectivity index (χ4v) is 6.75. The van der Waals surface area contributed by atoms with Crippen LogP contribution in [0.2, 0.25) is 15.1 Å². The van der Waals surface area contributed by atoms with E-state index in [2.05, 4.69) is 12.2 Å². The van der Waals surface area contributed by atoms with Gasteiger partial charge in [-0.15, -0.1) is 0 Å². The van der Waals surface area contributed by atoms with Gasteiger partial charge in [0.1, 0.15) is 6.04 Å². The highest BCUT2D eigenvalue weighted by Gasteiger charge is 2.68. The fourth-order valence-electron chi connectivity index (χ4n) is 6.32. The normalized spacial score (nSPS) is 30.2. The summed E-state index contributed by atoms with van der Waals surface area (Å²) in [5.41, 5.74) is 0.415. The zero-order chi connectivity index (χ0) is 25.5. The Labute approximate surface area is 222 Å². The van der Waals surface area contributed by atoms with E-state index in [1.165, 1.54) is 25.1 Å². The van der Waals surface area contributed by atoms with Crippen LogP contribution < -0.4 is 0 Å². The lowest BCUT2D eigenvalue weighted by Gasteiger charge is -2.37. The van der Waals surface area contributed by atoms with Crippen molar-refractivity contribution >= 4 is 58.3 Å². The van der Waals surface area contributed by atoms with Gasteiger partial charge in [-0.2, -0.15) is 5.01 Å². The molecule has 6 nitrogen and oxygen atoms in total. The molecule has 7 atom stereocenters. The zero-order valence-electron chi connectivity index (χ0n) is 19.1. The maximum absolute atomic E-state index is 13.9. The van der Waals surface area contributed by atoms with Crippen LogP contribution in [0.1, 0.15) is 34.1 Å². The molecule has 3 fully saturated rings. The minimum absolute atomic E-state index is 0.0179. The molecule has 36 heavy (non-hydrogen) atoms. The van der Waals surface area contributed by atoms with Crippen molar-refractivity contribution in [1.82, 2.24) is 10.0 Å². The summed E-state index contributed by atoms with van der Waals surface area (Å²) in [4.78, 5) is 55.0. The van der Waals surface area contributed by atoms with E-state index < -0.39 is 41.4 Å². The quantitative estimate of drug-likeness (QED) is 0.290. The van der Waals surface area contributed by atoms with Gasteiger partial charge in [-0.25, -0.2) is 5.01 Å². The lowest BCUT2D eigenvalue weighted by atomic mass is 9.63. The first-order valence-corrected chi connectivity index (χ1v) is 13.0.